The Bertz CT molecular complexity index is 752. The van der Waals surface area contributed by atoms with Crippen LogP contribution < -0.4 is 4.90 Å². The Morgan fingerprint density at radius 1 is 0.923 bits per heavy atom. The monoisotopic (exact) mass is 355 g/mol. The molecular weight excluding hydrogens is 326 g/mol. The van der Waals surface area contributed by atoms with Crippen molar-refractivity contribution in [3.05, 3.63) is 18.1 Å². The van der Waals surface area contributed by atoms with E-state index < -0.39 is 0 Å². The van der Waals surface area contributed by atoms with Gasteiger partial charge >= 0.3 is 0 Å². The lowest BCUT2D eigenvalue weighted by Crippen LogP contribution is -2.64. The first kappa shape index (κ1) is 16.4. The molecule has 7 heteroatoms. The van der Waals surface area contributed by atoms with E-state index in [2.05, 4.69) is 35.8 Å². The average molecular weight is 355 g/mol. The van der Waals surface area contributed by atoms with E-state index in [1.54, 1.807) is 6.33 Å². The van der Waals surface area contributed by atoms with Gasteiger partial charge in [0.1, 0.15) is 12.1 Å². The molecule has 0 amide bonds. The molecule has 0 aromatic carbocycles. The minimum absolute atomic E-state index is 0.676. The normalized spacial score (nSPS) is 24.3. The Labute approximate surface area is 155 Å². The third kappa shape index (κ3) is 2.97. The van der Waals surface area contributed by atoms with Crippen LogP contribution in [0.15, 0.2) is 12.4 Å². The van der Waals surface area contributed by atoms with Crippen LogP contribution in [-0.4, -0.2) is 80.7 Å². The summed E-state index contributed by atoms with van der Waals surface area (Å²) in [6.45, 7) is 9.15. The lowest BCUT2D eigenvalue weighted by molar-refractivity contribution is 0.0486. The van der Waals surface area contributed by atoms with Gasteiger partial charge in [-0.1, -0.05) is 19.3 Å². The number of rotatable bonds is 3. The van der Waals surface area contributed by atoms with Gasteiger partial charge in [0.2, 0.25) is 0 Å². The molecule has 2 aromatic rings. The van der Waals surface area contributed by atoms with Crippen LogP contribution in [0.5, 0.6) is 0 Å². The highest BCUT2D eigenvalue weighted by Crippen LogP contribution is 2.27. The van der Waals surface area contributed by atoms with E-state index in [0.717, 1.165) is 30.6 Å². The Hall–Kier alpha value is -1.73. The van der Waals surface area contributed by atoms with Crippen LogP contribution in [0.4, 0.5) is 5.82 Å². The quantitative estimate of drug-likeness (QED) is 0.833. The summed E-state index contributed by atoms with van der Waals surface area (Å²) in [5.41, 5.74) is 1.00. The van der Waals surface area contributed by atoms with Crippen molar-refractivity contribution in [3.63, 3.8) is 0 Å². The molecule has 0 N–H and O–H groups in total. The van der Waals surface area contributed by atoms with Gasteiger partial charge in [-0.3, -0.25) is 9.80 Å². The van der Waals surface area contributed by atoms with Gasteiger partial charge in [0.25, 0.3) is 5.78 Å². The van der Waals surface area contributed by atoms with Crippen LogP contribution in [0, 0.1) is 6.92 Å². The minimum atomic E-state index is 0.676. The molecule has 2 saturated heterocycles. The van der Waals surface area contributed by atoms with E-state index in [1.807, 2.05) is 11.4 Å². The number of anilines is 1. The molecule has 3 fully saturated rings. The number of fused-ring (bicyclic) bond motifs is 1. The maximum absolute atomic E-state index is 4.45. The number of hydrogen-bond acceptors (Lipinski definition) is 6. The topological polar surface area (TPSA) is 52.8 Å². The molecule has 0 atom stereocenters. The van der Waals surface area contributed by atoms with Crippen molar-refractivity contribution in [2.24, 2.45) is 0 Å². The number of hydrogen-bond donors (Lipinski definition) is 0. The molecule has 4 heterocycles. The molecular formula is C19H29N7. The maximum Gasteiger partial charge on any atom is 0.254 e. The fourth-order valence-electron chi connectivity index (χ4n) is 4.92. The van der Waals surface area contributed by atoms with Gasteiger partial charge in [0.05, 0.1) is 0 Å². The molecule has 2 aromatic heterocycles. The predicted molar refractivity (Wildman–Crippen MR) is 102 cm³/mol. The Kier molecular flexibility index (Phi) is 4.29. The number of nitrogens with zero attached hydrogens (tertiary/aromatic N) is 7. The first-order valence-electron chi connectivity index (χ1n) is 10.2. The highest BCUT2D eigenvalue weighted by Gasteiger charge is 2.36. The second kappa shape index (κ2) is 6.78. The molecule has 1 aliphatic carbocycles. The third-order valence-electron chi connectivity index (χ3n) is 6.50. The van der Waals surface area contributed by atoms with Crippen molar-refractivity contribution >= 4 is 11.6 Å². The summed E-state index contributed by atoms with van der Waals surface area (Å²) >= 11 is 0. The number of aromatic nitrogens is 4. The summed E-state index contributed by atoms with van der Waals surface area (Å²) in [5, 5.41) is 4.34. The van der Waals surface area contributed by atoms with Crippen molar-refractivity contribution < 1.29 is 0 Å². The number of piperazine rings is 1. The van der Waals surface area contributed by atoms with Crippen LogP contribution in [0.3, 0.4) is 0 Å². The van der Waals surface area contributed by atoms with Gasteiger partial charge in [-0.15, -0.1) is 0 Å². The van der Waals surface area contributed by atoms with E-state index in [4.69, 9.17) is 0 Å². The second-order valence-corrected chi connectivity index (χ2v) is 8.15. The molecule has 0 radical (unpaired) electrons. The highest BCUT2D eigenvalue weighted by atomic mass is 15.4. The molecule has 0 bridgehead atoms. The lowest BCUT2D eigenvalue weighted by Gasteiger charge is -2.50. The van der Waals surface area contributed by atoms with Gasteiger partial charge in [-0.2, -0.15) is 14.6 Å². The SMILES string of the molecule is Cc1cc(N2CC(N3CCN(C4CCCCC4)CC3)C2)n2ncnc2n1. The zero-order chi connectivity index (χ0) is 17.5. The van der Waals surface area contributed by atoms with Crippen LogP contribution in [0.2, 0.25) is 0 Å². The first-order valence-corrected chi connectivity index (χ1v) is 10.2. The van der Waals surface area contributed by atoms with Crippen molar-refractivity contribution in [2.45, 2.75) is 51.1 Å². The van der Waals surface area contributed by atoms with Crippen LogP contribution in [0.1, 0.15) is 37.8 Å². The largest absolute Gasteiger partial charge is 0.353 e. The van der Waals surface area contributed by atoms with Gasteiger partial charge in [-0.05, 0) is 19.8 Å². The molecule has 140 valence electrons. The summed E-state index contributed by atoms with van der Waals surface area (Å²) < 4.78 is 1.87. The Morgan fingerprint density at radius 2 is 1.62 bits per heavy atom. The zero-order valence-electron chi connectivity index (χ0n) is 15.7. The molecule has 5 rings (SSSR count). The maximum atomic E-state index is 4.45. The van der Waals surface area contributed by atoms with E-state index in [-0.39, 0.29) is 0 Å². The molecule has 0 unspecified atom stereocenters. The molecule has 3 aliphatic rings. The Morgan fingerprint density at radius 3 is 2.35 bits per heavy atom. The molecule has 2 aliphatic heterocycles. The van der Waals surface area contributed by atoms with Crippen molar-refractivity contribution in [2.75, 3.05) is 44.2 Å². The van der Waals surface area contributed by atoms with E-state index in [9.17, 15) is 0 Å². The van der Waals surface area contributed by atoms with E-state index in [0.29, 0.717) is 11.8 Å². The van der Waals surface area contributed by atoms with Crippen molar-refractivity contribution in [3.8, 4) is 0 Å². The second-order valence-electron chi connectivity index (χ2n) is 8.15. The molecule has 26 heavy (non-hydrogen) atoms. The van der Waals surface area contributed by atoms with E-state index >= 15 is 0 Å². The highest BCUT2D eigenvalue weighted by molar-refractivity contribution is 5.49. The fraction of sp³-hybridized carbons (Fsp3) is 0.737. The first-order chi connectivity index (χ1) is 12.8. The van der Waals surface area contributed by atoms with Gasteiger partial charge in [-0.25, -0.2) is 4.98 Å². The predicted octanol–water partition coefficient (Wildman–Crippen LogP) is 1.57. The summed E-state index contributed by atoms with van der Waals surface area (Å²) in [7, 11) is 0. The summed E-state index contributed by atoms with van der Waals surface area (Å²) in [6.07, 6.45) is 8.75. The van der Waals surface area contributed by atoms with Gasteiger partial charge in [0.15, 0.2) is 0 Å². The minimum Gasteiger partial charge on any atom is -0.353 e. The number of aryl methyl sites for hydroxylation is 1. The third-order valence-corrected chi connectivity index (χ3v) is 6.50. The Balaban J connectivity index is 1.18. The standard InChI is InChI=1S/C19H29N7/c1-15-11-18(26-19(22-15)20-14-21-26)25-12-17(13-25)24-9-7-23(8-10-24)16-5-3-2-4-6-16/h11,14,16-17H,2-10,12-13H2,1H3. The van der Waals surface area contributed by atoms with Crippen LogP contribution in [0.25, 0.3) is 5.78 Å². The lowest BCUT2D eigenvalue weighted by atomic mass is 9.93. The summed E-state index contributed by atoms with van der Waals surface area (Å²) in [4.78, 5) is 16.6. The van der Waals surface area contributed by atoms with Crippen LogP contribution in [-0.2, 0) is 0 Å². The van der Waals surface area contributed by atoms with Gasteiger partial charge < -0.3 is 4.90 Å². The molecule has 1 saturated carbocycles. The zero-order valence-corrected chi connectivity index (χ0v) is 15.7. The summed E-state index contributed by atoms with van der Waals surface area (Å²) in [6, 6.07) is 3.67. The van der Waals surface area contributed by atoms with E-state index in [1.165, 1.54) is 58.3 Å². The average Bonchev–Trinajstić information content (AvgIpc) is 3.10. The van der Waals surface area contributed by atoms with Crippen molar-refractivity contribution in [1.29, 1.82) is 0 Å². The fourth-order valence-corrected chi connectivity index (χ4v) is 4.92. The van der Waals surface area contributed by atoms with Crippen LogP contribution >= 0.6 is 0 Å². The molecule has 0 spiro atoms. The smallest absolute Gasteiger partial charge is 0.254 e. The van der Waals surface area contributed by atoms with Gasteiger partial charge in [0, 0.05) is 63.1 Å². The van der Waals surface area contributed by atoms with Crippen molar-refractivity contribution in [1.82, 2.24) is 29.4 Å². The molecule has 7 nitrogen and oxygen atoms in total. The summed E-state index contributed by atoms with van der Waals surface area (Å²) in [5.74, 6) is 1.83.